The summed E-state index contributed by atoms with van der Waals surface area (Å²) < 4.78 is 0. The summed E-state index contributed by atoms with van der Waals surface area (Å²) in [5.74, 6) is 0.714. The summed E-state index contributed by atoms with van der Waals surface area (Å²) in [7, 11) is 0. The Labute approximate surface area is 146 Å². The summed E-state index contributed by atoms with van der Waals surface area (Å²) in [6.45, 7) is 7.54. The highest BCUT2D eigenvalue weighted by atomic mass is 32.1. The van der Waals surface area contributed by atoms with Gasteiger partial charge in [-0.25, -0.2) is 4.98 Å². The maximum Gasteiger partial charge on any atom is 0.165 e. The second-order valence-electron chi connectivity index (χ2n) is 7.23. The summed E-state index contributed by atoms with van der Waals surface area (Å²) in [6, 6.07) is 9.03. The van der Waals surface area contributed by atoms with Gasteiger partial charge < -0.3 is 10.2 Å². The number of aryl methyl sites for hydroxylation is 1. The van der Waals surface area contributed by atoms with Crippen molar-refractivity contribution in [3.63, 3.8) is 0 Å². The Morgan fingerprint density at radius 3 is 2.71 bits per heavy atom. The van der Waals surface area contributed by atoms with Gasteiger partial charge in [0.25, 0.3) is 0 Å². The lowest BCUT2D eigenvalue weighted by Gasteiger charge is -2.22. The first kappa shape index (κ1) is 15.8. The molecule has 0 radical (unpaired) electrons. The summed E-state index contributed by atoms with van der Waals surface area (Å²) >= 11 is 1.68. The third-order valence-electron chi connectivity index (χ3n) is 5.14. The fraction of sp³-hybridized carbons (Fsp3) is 0.474. The molecule has 2 aliphatic heterocycles. The largest absolute Gasteiger partial charge is 0.384 e. The van der Waals surface area contributed by atoms with Crippen LogP contribution in [-0.2, 0) is 10.4 Å². The Morgan fingerprint density at radius 1 is 1.29 bits per heavy atom. The molecule has 24 heavy (non-hydrogen) atoms. The molecule has 1 aromatic heterocycles. The van der Waals surface area contributed by atoms with E-state index in [9.17, 15) is 0 Å². The van der Waals surface area contributed by atoms with Crippen molar-refractivity contribution >= 4 is 17.0 Å². The topological polar surface area (TPSA) is 46.5 Å². The molecule has 2 aliphatic rings. The van der Waals surface area contributed by atoms with Gasteiger partial charge in [-0.15, -0.1) is 11.3 Å². The van der Waals surface area contributed by atoms with Crippen LogP contribution in [0.25, 0.3) is 10.4 Å². The molecule has 5 heteroatoms. The lowest BCUT2D eigenvalue weighted by Crippen LogP contribution is -2.32. The van der Waals surface area contributed by atoms with Crippen LogP contribution in [0.5, 0.6) is 0 Å². The normalized spacial score (nSPS) is 29.5. The Bertz CT molecular complexity index is 767. The second-order valence-corrected chi connectivity index (χ2v) is 8.08. The third kappa shape index (κ3) is 2.76. The van der Waals surface area contributed by atoms with Crippen molar-refractivity contribution in [3.05, 3.63) is 41.0 Å². The van der Waals surface area contributed by atoms with Crippen LogP contribution in [0, 0.1) is 12.8 Å². The average molecular weight is 341 g/mol. The summed E-state index contributed by atoms with van der Waals surface area (Å²) in [5, 5.41) is 7.97. The number of hydrogen-bond donors (Lipinski definition) is 1. The molecule has 0 bridgehead atoms. The average Bonchev–Trinajstić information content (AvgIpc) is 3.28. The predicted octanol–water partition coefficient (Wildman–Crippen LogP) is 4.11. The number of aromatic nitrogens is 1. The highest BCUT2D eigenvalue weighted by molar-refractivity contribution is 7.13. The van der Waals surface area contributed by atoms with Crippen LogP contribution in [0.3, 0.4) is 0 Å². The first-order valence-electron chi connectivity index (χ1n) is 8.54. The van der Waals surface area contributed by atoms with Crippen LogP contribution in [0.4, 0.5) is 0 Å². The molecule has 1 fully saturated rings. The Kier molecular flexibility index (Phi) is 3.93. The van der Waals surface area contributed by atoms with Gasteiger partial charge in [-0.1, -0.05) is 36.3 Å². The number of hydrogen-bond acceptors (Lipinski definition) is 5. The first-order valence-corrected chi connectivity index (χ1v) is 9.42. The molecule has 2 aromatic rings. The van der Waals surface area contributed by atoms with Crippen molar-refractivity contribution in [2.75, 3.05) is 6.54 Å². The molecule has 1 saturated heterocycles. The Hall–Kier alpha value is -1.72. The number of thiazole rings is 1. The molecule has 0 spiro atoms. The molecule has 0 saturated carbocycles. The molecular formula is C19H23N3OS. The molecule has 126 valence electrons. The van der Waals surface area contributed by atoms with E-state index in [1.807, 2.05) is 5.51 Å². The van der Waals surface area contributed by atoms with Crippen molar-refractivity contribution < 1.29 is 4.84 Å². The van der Waals surface area contributed by atoms with Crippen molar-refractivity contribution in [3.8, 4) is 10.4 Å². The van der Waals surface area contributed by atoms with E-state index in [1.54, 1.807) is 11.3 Å². The van der Waals surface area contributed by atoms with E-state index in [2.05, 4.69) is 60.5 Å². The van der Waals surface area contributed by atoms with Crippen molar-refractivity contribution in [2.24, 2.45) is 11.1 Å². The molecule has 4 nitrogen and oxygen atoms in total. The van der Waals surface area contributed by atoms with E-state index in [0.717, 1.165) is 30.8 Å². The molecule has 0 aliphatic carbocycles. The molecule has 1 unspecified atom stereocenters. The number of rotatable bonds is 3. The van der Waals surface area contributed by atoms with Crippen LogP contribution in [-0.4, -0.2) is 23.3 Å². The smallest absolute Gasteiger partial charge is 0.165 e. The van der Waals surface area contributed by atoms with Gasteiger partial charge in [0.1, 0.15) is 0 Å². The summed E-state index contributed by atoms with van der Waals surface area (Å²) in [5.41, 5.74) is 6.18. The predicted molar refractivity (Wildman–Crippen MR) is 98.3 cm³/mol. The van der Waals surface area contributed by atoms with Gasteiger partial charge in [0, 0.05) is 12.5 Å². The number of nitrogens with one attached hydrogen (secondary N) is 1. The zero-order valence-corrected chi connectivity index (χ0v) is 15.2. The maximum absolute atomic E-state index is 5.88. The van der Waals surface area contributed by atoms with Crippen LogP contribution < -0.4 is 5.32 Å². The SMILES string of the molecule is Cc1ncsc1-c1ccc(C2(C)CC([C@@H]3C[C@@H](C)CN3)=NO2)cc1. The molecule has 1 N–H and O–H groups in total. The monoisotopic (exact) mass is 341 g/mol. The minimum absolute atomic E-state index is 0.357. The lowest BCUT2D eigenvalue weighted by molar-refractivity contribution is -0.00737. The maximum atomic E-state index is 5.88. The van der Waals surface area contributed by atoms with Crippen LogP contribution in [0.2, 0.25) is 0 Å². The first-order chi connectivity index (χ1) is 11.5. The molecular weight excluding hydrogens is 318 g/mol. The molecule has 3 atom stereocenters. The summed E-state index contributed by atoms with van der Waals surface area (Å²) in [6.07, 6.45) is 2.01. The highest BCUT2D eigenvalue weighted by Gasteiger charge is 2.40. The standard InChI is InChI=1S/C19H23N3OS/c1-12-8-16(20-10-12)17-9-19(3,23-22-17)15-6-4-14(5-7-15)18-13(2)21-11-24-18/h4-7,11-12,16,20H,8-10H2,1-3H3/t12-,16+,19?/m1/s1. The van der Waals surface area contributed by atoms with Gasteiger partial charge in [-0.2, -0.15) is 0 Å². The van der Waals surface area contributed by atoms with Crippen LogP contribution in [0.15, 0.2) is 34.9 Å². The van der Waals surface area contributed by atoms with Gasteiger partial charge in [-0.3, -0.25) is 0 Å². The van der Waals surface area contributed by atoms with E-state index in [1.165, 1.54) is 16.0 Å². The van der Waals surface area contributed by atoms with Crippen molar-refractivity contribution in [2.45, 2.75) is 45.3 Å². The molecule has 0 amide bonds. The second kappa shape index (κ2) is 5.97. The quantitative estimate of drug-likeness (QED) is 0.914. The zero-order valence-electron chi connectivity index (χ0n) is 14.4. The van der Waals surface area contributed by atoms with E-state index in [-0.39, 0.29) is 5.60 Å². The molecule has 3 heterocycles. The number of oxime groups is 1. The van der Waals surface area contributed by atoms with Crippen molar-refractivity contribution in [1.82, 2.24) is 10.3 Å². The van der Waals surface area contributed by atoms with Crippen LogP contribution >= 0.6 is 11.3 Å². The summed E-state index contributed by atoms with van der Waals surface area (Å²) in [4.78, 5) is 11.5. The lowest BCUT2D eigenvalue weighted by atomic mass is 9.88. The Balaban J connectivity index is 1.51. The van der Waals surface area contributed by atoms with Gasteiger partial charge in [0.2, 0.25) is 0 Å². The van der Waals surface area contributed by atoms with E-state index in [4.69, 9.17) is 4.84 Å². The minimum Gasteiger partial charge on any atom is -0.384 e. The van der Waals surface area contributed by atoms with E-state index < -0.39 is 0 Å². The fourth-order valence-corrected chi connectivity index (χ4v) is 4.44. The molecule has 1 aromatic carbocycles. The zero-order chi connectivity index (χ0) is 16.7. The number of benzene rings is 1. The fourth-order valence-electron chi connectivity index (χ4n) is 3.63. The minimum atomic E-state index is -0.357. The van der Waals surface area contributed by atoms with E-state index >= 15 is 0 Å². The Morgan fingerprint density at radius 2 is 2.08 bits per heavy atom. The number of nitrogens with zero attached hydrogens (tertiary/aromatic N) is 2. The van der Waals surface area contributed by atoms with Gasteiger partial charge in [-0.05, 0) is 43.9 Å². The van der Waals surface area contributed by atoms with Gasteiger partial charge in [0.15, 0.2) is 5.60 Å². The molecule has 4 rings (SSSR count). The van der Waals surface area contributed by atoms with Crippen molar-refractivity contribution in [1.29, 1.82) is 0 Å². The van der Waals surface area contributed by atoms with Crippen LogP contribution in [0.1, 0.15) is 37.9 Å². The van der Waals surface area contributed by atoms with E-state index in [0.29, 0.717) is 12.0 Å². The van der Waals surface area contributed by atoms with Gasteiger partial charge >= 0.3 is 0 Å². The highest BCUT2D eigenvalue weighted by Crippen LogP contribution is 2.37. The van der Waals surface area contributed by atoms with Gasteiger partial charge in [0.05, 0.1) is 21.8 Å². The third-order valence-corrected chi connectivity index (χ3v) is 6.12.